The molecule has 1 rings (SSSR count). The standard InChI is InChI=1S/C9H16O2.H3N/c1-7-5-3-4-6-9(7)11-8(2)10;/h7,9H,3-6H2,1-2H3;1H3. The smallest absolute Gasteiger partial charge is 0.302 e. The summed E-state index contributed by atoms with van der Waals surface area (Å²) in [6, 6.07) is 0. The minimum atomic E-state index is -0.135. The average Bonchev–Trinajstić information content (AvgIpc) is 1.93. The second-order valence-corrected chi connectivity index (χ2v) is 3.41. The monoisotopic (exact) mass is 173 g/mol. The van der Waals surface area contributed by atoms with Gasteiger partial charge in [0.1, 0.15) is 6.10 Å². The van der Waals surface area contributed by atoms with Gasteiger partial charge in [-0.2, -0.15) is 0 Å². The first-order valence-electron chi connectivity index (χ1n) is 4.37. The maximum Gasteiger partial charge on any atom is 0.302 e. The van der Waals surface area contributed by atoms with Gasteiger partial charge in [0.2, 0.25) is 0 Å². The van der Waals surface area contributed by atoms with Gasteiger partial charge in [-0.15, -0.1) is 0 Å². The van der Waals surface area contributed by atoms with Crippen molar-refractivity contribution < 1.29 is 9.53 Å². The summed E-state index contributed by atoms with van der Waals surface area (Å²) in [5.41, 5.74) is 0. The van der Waals surface area contributed by atoms with E-state index in [1.54, 1.807) is 0 Å². The first-order chi connectivity index (χ1) is 5.20. The van der Waals surface area contributed by atoms with Gasteiger partial charge >= 0.3 is 5.97 Å². The van der Waals surface area contributed by atoms with E-state index < -0.39 is 0 Å². The Bertz CT molecular complexity index is 147. The first kappa shape index (κ1) is 11.4. The largest absolute Gasteiger partial charge is 0.462 e. The van der Waals surface area contributed by atoms with Crippen molar-refractivity contribution in [2.75, 3.05) is 0 Å². The fourth-order valence-electron chi connectivity index (χ4n) is 1.67. The van der Waals surface area contributed by atoms with E-state index in [-0.39, 0.29) is 18.2 Å². The molecule has 0 radical (unpaired) electrons. The highest BCUT2D eigenvalue weighted by atomic mass is 16.5. The number of esters is 1. The van der Waals surface area contributed by atoms with Crippen LogP contribution >= 0.6 is 0 Å². The molecule has 1 saturated carbocycles. The summed E-state index contributed by atoms with van der Waals surface area (Å²) in [6.45, 7) is 3.65. The molecular weight excluding hydrogens is 154 g/mol. The molecule has 1 fully saturated rings. The molecule has 12 heavy (non-hydrogen) atoms. The molecule has 0 saturated heterocycles. The zero-order chi connectivity index (χ0) is 8.27. The zero-order valence-corrected chi connectivity index (χ0v) is 8.01. The van der Waals surface area contributed by atoms with Crippen molar-refractivity contribution in [3.8, 4) is 0 Å². The van der Waals surface area contributed by atoms with Crippen LogP contribution in [0, 0.1) is 5.92 Å². The number of rotatable bonds is 1. The third kappa shape index (κ3) is 3.22. The highest BCUT2D eigenvalue weighted by molar-refractivity contribution is 5.66. The van der Waals surface area contributed by atoms with Crippen molar-refractivity contribution in [3.05, 3.63) is 0 Å². The Kier molecular flexibility index (Phi) is 4.90. The molecule has 0 spiro atoms. The molecule has 1 aliphatic rings. The van der Waals surface area contributed by atoms with Crippen LogP contribution in [0.4, 0.5) is 0 Å². The van der Waals surface area contributed by atoms with Crippen molar-refractivity contribution in [2.45, 2.75) is 45.6 Å². The van der Waals surface area contributed by atoms with E-state index >= 15 is 0 Å². The van der Waals surface area contributed by atoms with Crippen molar-refractivity contribution in [1.82, 2.24) is 6.15 Å². The SMILES string of the molecule is CC(=O)OC1CCCCC1C.N. The summed E-state index contributed by atoms with van der Waals surface area (Å²) in [5.74, 6) is 0.427. The van der Waals surface area contributed by atoms with E-state index in [0.29, 0.717) is 5.92 Å². The number of ether oxygens (including phenoxy) is 1. The van der Waals surface area contributed by atoms with Crippen LogP contribution in [0.3, 0.4) is 0 Å². The Balaban J connectivity index is 0.00000121. The summed E-state index contributed by atoms with van der Waals surface area (Å²) < 4.78 is 5.16. The van der Waals surface area contributed by atoms with Crippen LogP contribution in [-0.2, 0) is 9.53 Å². The summed E-state index contributed by atoms with van der Waals surface area (Å²) in [4.78, 5) is 10.6. The van der Waals surface area contributed by atoms with Gasteiger partial charge in [0, 0.05) is 6.92 Å². The van der Waals surface area contributed by atoms with Crippen LogP contribution in [0.5, 0.6) is 0 Å². The molecule has 3 nitrogen and oxygen atoms in total. The molecule has 0 aromatic carbocycles. The van der Waals surface area contributed by atoms with Crippen molar-refractivity contribution in [3.63, 3.8) is 0 Å². The number of carbonyl (C=O) groups excluding carboxylic acids is 1. The predicted octanol–water partition coefficient (Wildman–Crippen LogP) is 2.29. The van der Waals surface area contributed by atoms with Gasteiger partial charge in [0.15, 0.2) is 0 Å². The topological polar surface area (TPSA) is 61.3 Å². The van der Waals surface area contributed by atoms with E-state index in [2.05, 4.69) is 6.92 Å². The molecule has 72 valence electrons. The lowest BCUT2D eigenvalue weighted by Crippen LogP contribution is -2.27. The maximum absolute atomic E-state index is 10.6. The Morgan fingerprint density at radius 1 is 1.33 bits per heavy atom. The van der Waals surface area contributed by atoms with Gasteiger partial charge in [-0.25, -0.2) is 0 Å². The van der Waals surface area contributed by atoms with Crippen LogP contribution in [-0.4, -0.2) is 12.1 Å². The van der Waals surface area contributed by atoms with Crippen LogP contribution < -0.4 is 6.15 Å². The van der Waals surface area contributed by atoms with Gasteiger partial charge in [-0.3, -0.25) is 4.79 Å². The quantitative estimate of drug-likeness (QED) is 0.619. The second kappa shape index (κ2) is 5.14. The fraction of sp³-hybridized carbons (Fsp3) is 0.889. The highest BCUT2D eigenvalue weighted by Crippen LogP contribution is 2.26. The average molecular weight is 173 g/mol. The van der Waals surface area contributed by atoms with Gasteiger partial charge < -0.3 is 10.9 Å². The Labute approximate surface area is 74.1 Å². The van der Waals surface area contributed by atoms with Crippen LogP contribution in [0.25, 0.3) is 0 Å². The van der Waals surface area contributed by atoms with Crippen molar-refractivity contribution in [1.29, 1.82) is 0 Å². The minimum absolute atomic E-state index is 0. The Morgan fingerprint density at radius 2 is 1.92 bits per heavy atom. The van der Waals surface area contributed by atoms with Gasteiger partial charge in [-0.05, 0) is 25.2 Å². The third-order valence-electron chi connectivity index (χ3n) is 2.35. The van der Waals surface area contributed by atoms with E-state index in [0.717, 1.165) is 6.42 Å². The van der Waals surface area contributed by atoms with Crippen molar-refractivity contribution in [2.24, 2.45) is 5.92 Å². The molecule has 2 atom stereocenters. The van der Waals surface area contributed by atoms with Crippen LogP contribution in [0.15, 0.2) is 0 Å². The van der Waals surface area contributed by atoms with Gasteiger partial charge in [-0.1, -0.05) is 13.3 Å². The lowest BCUT2D eigenvalue weighted by atomic mass is 9.88. The van der Waals surface area contributed by atoms with Crippen LogP contribution in [0.1, 0.15) is 39.5 Å². The van der Waals surface area contributed by atoms with Crippen LogP contribution in [0.2, 0.25) is 0 Å². The minimum Gasteiger partial charge on any atom is -0.462 e. The summed E-state index contributed by atoms with van der Waals surface area (Å²) in [6.07, 6.45) is 4.96. The van der Waals surface area contributed by atoms with Gasteiger partial charge in [0.05, 0.1) is 0 Å². The maximum atomic E-state index is 10.6. The molecule has 0 heterocycles. The molecule has 0 amide bonds. The molecule has 0 bridgehead atoms. The lowest BCUT2D eigenvalue weighted by molar-refractivity contribution is -0.150. The van der Waals surface area contributed by atoms with E-state index in [1.807, 2.05) is 0 Å². The summed E-state index contributed by atoms with van der Waals surface area (Å²) in [5, 5.41) is 0. The molecule has 3 N–H and O–H groups in total. The molecule has 3 heteroatoms. The highest BCUT2D eigenvalue weighted by Gasteiger charge is 2.23. The number of hydrogen-bond acceptors (Lipinski definition) is 3. The molecular formula is C9H19NO2. The zero-order valence-electron chi connectivity index (χ0n) is 8.01. The molecule has 0 aromatic heterocycles. The van der Waals surface area contributed by atoms with Gasteiger partial charge in [0.25, 0.3) is 0 Å². The second-order valence-electron chi connectivity index (χ2n) is 3.41. The molecule has 1 aliphatic carbocycles. The molecule has 0 aromatic rings. The fourth-order valence-corrected chi connectivity index (χ4v) is 1.67. The first-order valence-corrected chi connectivity index (χ1v) is 4.37. The number of carbonyl (C=O) groups is 1. The molecule has 2 unspecified atom stereocenters. The Morgan fingerprint density at radius 3 is 2.42 bits per heavy atom. The Hall–Kier alpha value is -0.570. The van der Waals surface area contributed by atoms with E-state index in [4.69, 9.17) is 4.74 Å². The summed E-state index contributed by atoms with van der Waals surface area (Å²) in [7, 11) is 0. The summed E-state index contributed by atoms with van der Waals surface area (Å²) >= 11 is 0. The van der Waals surface area contributed by atoms with Crippen molar-refractivity contribution >= 4 is 5.97 Å². The number of hydrogen-bond donors (Lipinski definition) is 1. The van der Waals surface area contributed by atoms with E-state index in [1.165, 1.54) is 26.2 Å². The predicted molar refractivity (Wildman–Crippen MR) is 48.2 cm³/mol. The third-order valence-corrected chi connectivity index (χ3v) is 2.35. The molecule has 0 aliphatic heterocycles. The van der Waals surface area contributed by atoms with E-state index in [9.17, 15) is 4.79 Å². The normalized spacial score (nSPS) is 28.8. The lowest BCUT2D eigenvalue weighted by Gasteiger charge is -2.27.